The van der Waals surface area contributed by atoms with Gasteiger partial charge in [-0.1, -0.05) is 11.6 Å². The summed E-state index contributed by atoms with van der Waals surface area (Å²) in [5.41, 5.74) is 6.17. The average molecular weight is 353 g/mol. The molecule has 21 heavy (non-hydrogen) atoms. The average Bonchev–Trinajstić information content (AvgIpc) is 2.44. The van der Waals surface area contributed by atoms with Crippen molar-refractivity contribution in [2.45, 2.75) is 30.0 Å². The summed E-state index contributed by atoms with van der Waals surface area (Å²) in [7, 11) is -2.32. The van der Waals surface area contributed by atoms with Crippen LogP contribution in [0.4, 0.5) is 0 Å². The van der Waals surface area contributed by atoms with Crippen LogP contribution in [0.1, 0.15) is 19.4 Å². The molecule has 0 atom stereocenters. The summed E-state index contributed by atoms with van der Waals surface area (Å²) in [6.07, 6.45) is 1.93. The minimum atomic E-state index is -3.73. The lowest BCUT2D eigenvalue weighted by Crippen LogP contribution is -2.36. The molecule has 0 aliphatic heterocycles. The first-order chi connectivity index (χ1) is 9.66. The highest BCUT2D eigenvalue weighted by atomic mass is 35.5. The monoisotopic (exact) mass is 352 g/mol. The highest BCUT2D eigenvalue weighted by Gasteiger charge is 2.25. The zero-order valence-electron chi connectivity index (χ0n) is 12.6. The third-order valence-electron chi connectivity index (χ3n) is 3.05. The first-order valence-corrected chi connectivity index (χ1v) is 9.36. The molecule has 0 unspecified atom stereocenters. The minimum absolute atomic E-state index is 0.00912. The molecule has 3 N–H and O–H groups in total. The van der Waals surface area contributed by atoms with Gasteiger partial charge in [0.15, 0.2) is 0 Å². The summed E-state index contributed by atoms with van der Waals surface area (Å²) in [6.45, 7) is 4.36. The van der Waals surface area contributed by atoms with E-state index < -0.39 is 10.0 Å². The molecule has 1 rings (SSSR count). The molecule has 0 aromatic heterocycles. The van der Waals surface area contributed by atoms with Gasteiger partial charge in [-0.25, -0.2) is 13.1 Å². The second-order valence-corrected chi connectivity index (χ2v) is 8.77. The van der Waals surface area contributed by atoms with Gasteiger partial charge in [0, 0.05) is 28.4 Å². The number of thioether (sulfide) groups is 1. The number of methoxy groups -OCH3 is 1. The lowest BCUT2D eigenvalue weighted by atomic mass is 10.2. The van der Waals surface area contributed by atoms with E-state index in [0.29, 0.717) is 17.1 Å². The van der Waals surface area contributed by atoms with E-state index in [1.807, 2.05) is 20.1 Å². The quantitative estimate of drug-likeness (QED) is 0.786. The fourth-order valence-corrected chi connectivity index (χ4v) is 3.68. The molecule has 120 valence electrons. The Morgan fingerprint density at radius 1 is 1.43 bits per heavy atom. The van der Waals surface area contributed by atoms with Crippen LogP contribution in [0.5, 0.6) is 5.75 Å². The Morgan fingerprint density at radius 2 is 2.05 bits per heavy atom. The van der Waals surface area contributed by atoms with Gasteiger partial charge in [0.2, 0.25) is 10.0 Å². The van der Waals surface area contributed by atoms with Crippen molar-refractivity contribution < 1.29 is 13.2 Å². The van der Waals surface area contributed by atoms with Gasteiger partial charge in [-0.3, -0.25) is 0 Å². The van der Waals surface area contributed by atoms with Gasteiger partial charge in [-0.05, 0) is 32.2 Å². The van der Waals surface area contributed by atoms with Gasteiger partial charge in [0.05, 0.1) is 7.11 Å². The molecule has 0 saturated carbocycles. The molecule has 0 radical (unpaired) electrons. The topological polar surface area (TPSA) is 81.4 Å². The Labute approximate surface area is 135 Å². The van der Waals surface area contributed by atoms with E-state index in [4.69, 9.17) is 22.1 Å². The Balaban J connectivity index is 3.22. The van der Waals surface area contributed by atoms with E-state index >= 15 is 0 Å². The predicted molar refractivity (Wildman–Crippen MR) is 88.7 cm³/mol. The SMILES string of the molecule is COc1c(CN)cc(Cl)cc1S(=O)(=O)NCC(C)(C)SC. The van der Waals surface area contributed by atoms with Crippen molar-refractivity contribution in [3.05, 3.63) is 22.7 Å². The molecular weight excluding hydrogens is 332 g/mol. The Bertz CT molecular complexity index is 604. The van der Waals surface area contributed by atoms with Crippen molar-refractivity contribution >= 4 is 33.4 Å². The van der Waals surface area contributed by atoms with E-state index in [-0.39, 0.29) is 21.9 Å². The number of nitrogens with one attached hydrogen (secondary N) is 1. The number of hydrogen-bond donors (Lipinski definition) is 2. The normalized spacial score (nSPS) is 12.5. The van der Waals surface area contributed by atoms with Crippen LogP contribution >= 0.6 is 23.4 Å². The summed E-state index contributed by atoms with van der Waals surface area (Å²) in [5, 5.41) is 0.306. The van der Waals surface area contributed by atoms with Crippen molar-refractivity contribution in [3.8, 4) is 5.75 Å². The fraction of sp³-hybridized carbons (Fsp3) is 0.538. The Kier molecular flexibility index (Phi) is 6.36. The Morgan fingerprint density at radius 3 is 2.52 bits per heavy atom. The molecule has 0 aliphatic carbocycles. The van der Waals surface area contributed by atoms with Gasteiger partial charge >= 0.3 is 0 Å². The maximum absolute atomic E-state index is 12.5. The van der Waals surface area contributed by atoms with Crippen LogP contribution in [0.25, 0.3) is 0 Å². The van der Waals surface area contributed by atoms with Crippen LogP contribution in [0.3, 0.4) is 0 Å². The number of benzene rings is 1. The number of rotatable bonds is 7. The van der Waals surface area contributed by atoms with Gasteiger partial charge in [-0.15, -0.1) is 0 Å². The smallest absolute Gasteiger partial charge is 0.244 e. The van der Waals surface area contributed by atoms with Gasteiger partial charge in [-0.2, -0.15) is 11.8 Å². The second kappa shape index (κ2) is 7.19. The van der Waals surface area contributed by atoms with Gasteiger partial charge in [0.25, 0.3) is 0 Å². The van der Waals surface area contributed by atoms with Crippen molar-refractivity contribution in [3.63, 3.8) is 0 Å². The second-order valence-electron chi connectivity index (χ2n) is 5.09. The fourth-order valence-electron chi connectivity index (χ4n) is 1.62. The maximum Gasteiger partial charge on any atom is 0.244 e. The van der Waals surface area contributed by atoms with Crippen molar-refractivity contribution in [1.82, 2.24) is 4.72 Å². The van der Waals surface area contributed by atoms with Crippen LogP contribution < -0.4 is 15.2 Å². The molecule has 1 aromatic rings. The zero-order valence-corrected chi connectivity index (χ0v) is 15.0. The lowest BCUT2D eigenvalue weighted by molar-refractivity contribution is 0.397. The van der Waals surface area contributed by atoms with E-state index in [0.717, 1.165) is 0 Å². The molecule has 1 aromatic carbocycles. The zero-order chi connectivity index (χ0) is 16.3. The molecule has 0 bridgehead atoms. The third-order valence-corrected chi connectivity index (χ3v) is 5.92. The molecule has 0 aliphatic rings. The highest BCUT2D eigenvalue weighted by Crippen LogP contribution is 2.32. The molecule has 0 spiro atoms. The van der Waals surface area contributed by atoms with Crippen LogP contribution in [-0.2, 0) is 16.6 Å². The lowest BCUT2D eigenvalue weighted by Gasteiger charge is -2.23. The van der Waals surface area contributed by atoms with E-state index in [1.165, 1.54) is 13.2 Å². The summed E-state index contributed by atoms with van der Waals surface area (Å²) in [4.78, 5) is 0.00912. The molecule has 0 amide bonds. The van der Waals surface area contributed by atoms with Crippen LogP contribution in [0.2, 0.25) is 5.02 Å². The number of hydrogen-bond acceptors (Lipinski definition) is 5. The van der Waals surface area contributed by atoms with Crippen LogP contribution in [0.15, 0.2) is 17.0 Å². The highest BCUT2D eigenvalue weighted by molar-refractivity contribution is 8.00. The van der Waals surface area contributed by atoms with E-state index in [2.05, 4.69) is 4.72 Å². The summed E-state index contributed by atoms with van der Waals surface area (Å²) in [5.74, 6) is 0.233. The Hall–Kier alpha value is -0.470. The first kappa shape index (κ1) is 18.6. The number of halogens is 1. The van der Waals surface area contributed by atoms with Crippen molar-refractivity contribution in [2.24, 2.45) is 5.73 Å². The third kappa shape index (κ3) is 4.75. The van der Waals surface area contributed by atoms with E-state index in [1.54, 1.807) is 17.8 Å². The molecule has 8 heteroatoms. The van der Waals surface area contributed by atoms with Gasteiger partial charge < -0.3 is 10.5 Å². The summed E-state index contributed by atoms with van der Waals surface area (Å²) >= 11 is 7.55. The summed E-state index contributed by atoms with van der Waals surface area (Å²) < 4.78 is 32.6. The molecular formula is C13H21ClN2O3S2. The molecule has 0 fully saturated rings. The first-order valence-electron chi connectivity index (χ1n) is 6.28. The van der Waals surface area contributed by atoms with E-state index in [9.17, 15) is 8.42 Å². The number of sulfonamides is 1. The summed E-state index contributed by atoms with van der Waals surface area (Å²) in [6, 6.07) is 2.97. The minimum Gasteiger partial charge on any atom is -0.495 e. The standard InChI is InChI=1S/C13H21ClN2O3S2/c1-13(2,20-4)8-16-21(17,18)11-6-10(14)5-9(7-15)12(11)19-3/h5-6,16H,7-8,15H2,1-4H3. The molecule has 0 saturated heterocycles. The van der Waals surface area contributed by atoms with Crippen molar-refractivity contribution in [1.29, 1.82) is 0 Å². The van der Waals surface area contributed by atoms with Crippen molar-refractivity contribution in [2.75, 3.05) is 19.9 Å². The maximum atomic E-state index is 12.5. The van der Waals surface area contributed by atoms with Crippen LogP contribution in [0, 0.1) is 0 Å². The number of nitrogens with two attached hydrogens (primary N) is 1. The van der Waals surface area contributed by atoms with Crippen LogP contribution in [-0.4, -0.2) is 33.1 Å². The predicted octanol–water partition coefficient (Wildman–Crippen LogP) is 2.23. The molecule has 5 nitrogen and oxygen atoms in total. The molecule has 0 heterocycles. The number of ether oxygens (including phenoxy) is 1. The largest absolute Gasteiger partial charge is 0.495 e. The van der Waals surface area contributed by atoms with Gasteiger partial charge in [0.1, 0.15) is 10.6 Å².